The summed E-state index contributed by atoms with van der Waals surface area (Å²) in [7, 11) is 0. The van der Waals surface area contributed by atoms with E-state index in [1.807, 2.05) is 31.2 Å². The molecule has 0 spiro atoms. The standard InChI is InChI=1S/C13H14FN3/c1-9(11-4-2-3-5-12(11)15)17-13-7-6-10(14)8-16-13/h2-9H,15H2,1H3,(H,16,17). The molecule has 2 aromatic rings. The molecule has 3 N–H and O–H groups in total. The summed E-state index contributed by atoms with van der Waals surface area (Å²) in [5, 5.41) is 3.17. The highest BCUT2D eigenvalue weighted by atomic mass is 19.1. The van der Waals surface area contributed by atoms with Gasteiger partial charge < -0.3 is 11.1 Å². The molecule has 0 aliphatic rings. The zero-order valence-corrected chi connectivity index (χ0v) is 9.52. The van der Waals surface area contributed by atoms with Gasteiger partial charge in [-0.05, 0) is 30.7 Å². The van der Waals surface area contributed by atoms with E-state index in [-0.39, 0.29) is 11.9 Å². The summed E-state index contributed by atoms with van der Waals surface area (Å²) in [6.07, 6.45) is 1.18. The number of nitrogen functional groups attached to an aromatic ring is 1. The van der Waals surface area contributed by atoms with Crippen molar-refractivity contribution in [3.8, 4) is 0 Å². The molecule has 17 heavy (non-hydrogen) atoms. The molecule has 0 saturated carbocycles. The summed E-state index contributed by atoms with van der Waals surface area (Å²) < 4.78 is 12.7. The molecular formula is C13H14FN3. The zero-order chi connectivity index (χ0) is 12.3. The molecular weight excluding hydrogens is 217 g/mol. The van der Waals surface area contributed by atoms with Crippen molar-refractivity contribution >= 4 is 11.5 Å². The van der Waals surface area contributed by atoms with Gasteiger partial charge in [0.05, 0.1) is 12.2 Å². The first kappa shape index (κ1) is 11.4. The second kappa shape index (κ2) is 4.82. The van der Waals surface area contributed by atoms with E-state index in [0.717, 1.165) is 11.3 Å². The van der Waals surface area contributed by atoms with Gasteiger partial charge in [-0.2, -0.15) is 0 Å². The molecule has 4 heteroatoms. The molecule has 0 bridgehead atoms. The number of nitrogens with one attached hydrogen (secondary N) is 1. The number of hydrogen-bond donors (Lipinski definition) is 2. The number of halogens is 1. The lowest BCUT2D eigenvalue weighted by molar-refractivity contribution is 0.621. The molecule has 1 atom stereocenters. The van der Waals surface area contributed by atoms with Crippen LogP contribution in [0.3, 0.4) is 0 Å². The Morgan fingerprint density at radius 3 is 2.65 bits per heavy atom. The zero-order valence-electron chi connectivity index (χ0n) is 9.52. The number of hydrogen-bond acceptors (Lipinski definition) is 3. The summed E-state index contributed by atoms with van der Waals surface area (Å²) in [6.45, 7) is 1.98. The first-order valence-electron chi connectivity index (χ1n) is 5.39. The van der Waals surface area contributed by atoms with Gasteiger partial charge in [-0.1, -0.05) is 18.2 Å². The van der Waals surface area contributed by atoms with E-state index in [2.05, 4.69) is 10.3 Å². The predicted molar refractivity (Wildman–Crippen MR) is 67.1 cm³/mol. The lowest BCUT2D eigenvalue weighted by atomic mass is 10.1. The molecule has 1 unspecified atom stereocenters. The van der Waals surface area contributed by atoms with E-state index in [0.29, 0.717) is 5.82 Å². The second-order valence-electron chi connectivity index (χ2n) is 3.86. The second-order valence-corrected chi connectivity index (χ2v) is 3.86. The van der Waals surface area contributed by atoms with Crippen LogP contribution in [-0.2, 0) is 0 Å². The molecule has 88 valence electrons. The van der Waals surface area contributed by atoms with Crippen molar-refractivity contribution in [3.05, 3.63) is 54.0 Å². The topological polar surface area (TPSA) is 50.9 Å². The van der Waals surface area contributed by atoms with Gasteiger partial charge in [0.1, 0.15) is 11.6 Å². The van der Waals surface area contributed by atoms with E-state index in [9.17, 15) is 4.39 Å². The maximum absolute atomic E-state index is 12.7. The largest absolute Gasteiger partial charge is 0.398 e. The summed E-state index contributed by atoms with van der Waals surface area (Å²) in [5.41, 5.74) is 7.61. The van der Waals surface area contributed by atoms with Gasteiger partial charge in [0, 0.05) is 5.69 Å². The molecule has 0 fully saturated rings. The molecule has 1 aromatic heterocycles. The van der Waals surface area contributed by atoms with Crippen LogP contribution in [0.5, 0.6) is 0 Å². The molecule has 0 radical (unpaired) electrons. The van der Waals surface area contributed by atoms with Crippen molar-refractivity contribution in [1.29, 1.82) is 0 Å². The van der Waals surface area contributed by atoms with Crippen LogP contribution in [-0.4, -0.2) is 4.98 Å². The predicted octanol–water partition coefficient (Wildman–Crippen LogP) is 2.98. The van der Waals surface area contributed by atoms with Crippen LogP contribution in [0.25, 0.3) is 0 Å². The number of anilines is 2. The molecule has 1 heterocycles. The van der Waals surface area contributed by atoms with Gasteiger partial charge in [-0.25, -0.2) is 9.37 Å². The third-order valence-electron chi connectivity index (χ3n) is 2.55. The van der Waals surface area contributed by atoms with Crippen LogP contribution in [0.2, 0.25) is 0 Å². The monoisotopic (exact) mass is 231 g/mol. The molecule has 2 rings (SSSR count). The van der Waals surface area contributed by atoms with Crippen LogP contribution in [0, 0.1) is 5.82 Å². The molecule has 0 aliphatic carbocycles. The molecule has 1 aromatic carbocycles. The van der Waals surface area contributed by atoms with Gasteiger partial charge >= 0.3 is 0 Å². The quantitative estimate of drug-likeness (QED) is 0.798. The maximum atomic E-state index is 12.7. The van der Waals surface area contributed by atoms with Gasteiger partial charge in [0.15, 0.2) is 0 Å². The number of rotatable bonds is 3. The number of benzene rings is 1. The van der Waals surface area contributed by atoms with Crippen molar-refractivity contribution in [2.75, 3.05) is 11.1 Å². The Bertz CT molecular complexity index is 496. The van der Waals surface area contributed by atoms with Crippen LogP contribution in [0.15, 0.2) is 42.6 Å². The van der Waals surface area contributed by atoms with Crippen molar-refractivity contribution in [2.45, 2.75) is 13.0 Å². The molecule has 0 amide bonds. The Hall–Kier alpha value is -2.10. The van der Waals surface area contributed by atoms with E-state index in [1.165, 1.54) is 12.3 Å². The summed E-state index contributed by atoms with van der Waals surface area (Å²) in [5.74, 6) is 0.282. The summed E-state index contributed by atoms with van der Waals surface area (Å²) in [4.78, 5) is 3.95. The minimum Gasteiger partial charge on any atom is -0.398 e. The lowest BCUT2D eigenvalue weighted by Gasteiger charge is -2.16. The van der Waals surface area contributed by atoms with Gasteiger partial charge in [0.2, 0.25) is 0 Å². The first-order valence-corrected chi connectivity index (χ1v) is 5.39. The number of aromatic nitrogens is 1. The fourth-order valence-corrected chi connectivity index (χ4v) is 1.67. The Kier molecular flexibility index (Phi) is 3.23. The first-order chi connectivity index (χ1) is 8.16. The van der Waals surface area contributed by atoms with E-state index in [4.69, 9.17) is 5.73 Å². The van der Waals surface area contributed by atoms with E-state index >= 15 is 0 Å². The Labute approximate surface area is 99.5 Å². The van der Waals surface area contributed by atoms with Crippen LogP contribution in [0.1, 0.15) is 18.5 Å². The average molecular weight is 231 g/mol. The Morgan fingerprint density at radius 2 is 2.00 bits per heavy atom. The van der Waals surface area contributed by atoms with E-state index in [1.54, 1.807) is 6.07 Å². The lowest BCUT2D eigenvalue weighted by Crippen LogP contribution is -2.09. The third-order valence-corrected chi connectivity index (χ3v) is 2.55. The number of para-hydroxylation sites is 1. The Balaban J connectivity index is 2.14. The smallest absolute Gasteiger partial charge is 0.141 e. The fraction of sp³-hybridized carbons (Fsp3) is 0.154. The van der Waals surface area contributed by atoms with Gasteiger partial charge in [-0.3, -0.25) is 0 Å². The molecule has 3 nitrogen and oxygen atoms in total. The van der Waals surface area contributed by atoms with Crippen molar-refractivity contribution in [2.24, 2.45) is 0 Å². The summed E-state index contributed by atoms with van der Waals surface area (Å²) in [6, 6.07) is 10.6. The van der Waals surface area contributed by atoms with Crippen LogP contribution in [0.4, 0.5) is 15.9 Å². The fourth-order valence-electron chi connectivity index (χ4n) is 1.67. The highest BCUT2D eigenvalue weighted by Crippen LogP contribution is 2.22. The van der Waals surface area contributed by atoms with Gasteiger partial charge in [0.25, 0.3) is 0 Å². The number of nitrogens with zero attached hydrogens (tertiary/aromatic N) is 1. The van der Waals surface area contributed by atoms with Crippen LogP contribution < -0.4 is 11.1 Å². The number of nitrogens with two attached hydrogens (primary N) is 1. The minimum absolute atomic E-state index is 0.0224. The normalized spacial score (nSPS) is 12.1. The minimum atomic E-state index is -0.345. The average Bonchev–Trinajstić information content (AvgIpc) is 2.32. The van der Waals surface area contributed by atoms with Gasteiger partial charge in [-0.15, -0.1) is 0 Å². The maximum Gasteiger partial charge on any atom is 0.141 e. The third kappa shape index (κ3) is 2.72. The Morgan fingerprint density at radius 1 is 1.24 bits per heavy atom. The molecule has 0 saturated heterocycles. The van der Waals surface area contributed by atoms with Crippen molar-refractivity contribution in [1.82, 2.24) is 4.98 Å². The van der Waals surface area contributed by atoms with Crippen molar-refractivity contribution < 1.29 is 4.39 Å². The highest BCUT2D eigenvalue weighted by Gasteiger charge is 2.08. The van der Waals surface area contributed by atoms with E-state index < -0.39 is 0 Å². The SMILES string of the molecule is CC(Nc1ccc(F)cn1)c1ccccc1N. The van der Waals surface area contributed by atoms with Crippen molar-refractivity contribution in [3.63, 3.8) is 0 Å². The van der Waals surface area contributed by atoms with Crippen LogP contribution >= 0.6 is 0 Å². The number of pyridine rings is 1. The summed E-state index contributed by atoms with van der Waals surface area (Å²) >= 11 is 0. The highest BCUT2D eigenvalue weighted by molar-refractivity contribution is 5.50. The molecule has 0 aliphatic heterocycles.